The van der Waals surface area contributed by atoms with Crippen molar-refractivity contribution in [3.05, 3.63) is 24.3 Å². The average molecular weight is 248 g/mol. The number of nitrogen functional groups attached to an aromatic ring is 1. The number of ether oxygens (including phenoxy) is 1. The van der Waals surface area contributed by atoms with Crippen LogP contribution in [0, 0.1) is 11.8 Å². The Balaban J connectivity index is 1.83. The molecule has 0 radical (unpaired) electrons. The first-order valence-corrected chi connectivity index (χ1v) is 6.32. The van der Waals surface area contributed by atoms with Crippen molar-refractivity contribution in [3.8, 4) is 5.75 Å². The van der Waals surface area contributed by atoms with Crippen LogP contribution in [0.15, 0.2) is 24.3 Å². The summed E-state index contributed by atoms with van der Waals surface area (Å²) in [6.45, 7) is 6.14. The number of carbonyl (C=O) groups is 1. The second-order valence-electron chi connectivity index (χ2n) is 5.11. The van der Waals surface area contributed by atoms with Crippen LogP contribution in [0.1, 0.15) is 13.8 Å². The van der Waals surface area contributed by atoms with E-state index in [1.807, 2.05) is 4.90 Å². The number of anilines is 1. The van der Waals surface area contributed by atoms with Gasteiger partial charge in [0.1, 0.15) is 5.75 Å². The molecular weight excluding hydrogens is 228 g/mol. The Hall–Kier alpha value is -1.71. The molecule has 1 aliphatic rings. The van der Waals surface area contributed by atoms with Crippen molar-refractivity contribution < 1.29 is 9.53 Å². The molecule has 1 saturated heterocycles. The molecule has 0 bridgehead atoms. The molecule has 0 spiro atoms. The summed E-state index contributed by atoms with van der Waals surface area (Å²) >= 11 is 0. The number of amides is 1. The first-order chi connectivity index (χ1) is 8.56. The summed E-state index contributed by atoms with van der Waals surface area (Å²) in [5.74, 6) is 1.89. The highest BCUT2D eigenvalue weighted by molar-refractivity contribution is 5.78. The van der Waals surface area contributed by atoms with Gasteiger partial charge < -0.3 is 15.4 Å². The van der Waals surface area contributed by atoms with Crippen molar-refractivity contribution in [2.24, 2.45) is 11.8 Å². The summed E-state index contributed by atoms with van der Waals surface area (Å²) in [6.07, 6.45) is 0. The number of carbonyl (C=O) groups excluding carboxylic acids is 1. The van der Waals surface area contributed by atoms with Gasteiger partial charge in [-0.2, -0.15) is 0 Å². The normalized spacial score (nSPS) is 23.1. The largest absolute Gasteiger partial charge is 0.484 e. The number of rotatable bonds is 3. The summed E-state index contributed by atoms with van der Waals surface area (Å²) in [7, 11) is 0. The maximum atomic E-state index is 12.0. The molecule has 2 rings (SSSR count). The molecular formula is C14H20N2O2. The summed E-state index contributed by atoms with van der Waals surface area (Å²) in [6, 6.07) is 7.08. The van der Waals surface area contributed by atoms with Crippen molar-refractivity contribution in [2.45, 2.75) is 13.8 Å². The van der Waals surface area contributed by atoms with Crippen molar-refractivity contribution in [3.63, 3.8) is 0 Å². The predicted molar refractivity (Wildman–Crippen MR) is 71.3 cm³/mol. The molecule has 1 fully saturated rings. The van der Waals surface area contributed by atoms with E-state index in [4.69, 9.17) is 10.5 Å². The number of nitrogens with zero attached hydrogens (tertiary/aromatic N) is 1. The van der Waals surface area contributed by atoms with Crippen molar-refractivity contribution in [1.29, 1.82) is 0 Å². The van der Waals surface area contributed by atoms with E-state index < -0.39 is 0 Å². The van der Waals surface area contributed by atoms with E-state index >= 15 is 0 Å². The van der Waals surface area contributed by atoms with E-state index in [0.29, 0.717) is 23.3 Å². The van der Waals surface area contributed by atoms with Gasteiger partial charge in [-0.25, -0.2) is 0 Å². The lowest BCUT2D eigenvalue weighted by Crippen LogP contribution is -2.33. The smallest absolute Gasteiger partial charge is 0.260 e. The summed E-state index contributed by atoms with van der Waals surface area (Å²) in [5, 5.41) is 0. The maximum absolute atomic E-state index is 12.0. The summed E-state index contributed by atoms with van der Waals surface area (Å²) < 4.78 is 5.46. The highest BCUT2D eigenvalue weighted by Crippen LogP contribution is 2.22. The fourth-order valence-electron chi connectivity index (χ4n) is 2.13. The minimum absolute atomic E-state index is 0.0584. The van der Waals surface area contributed by atoms with Crippen molar-refractivity contribution in [1.82, 2.24) is 4.90 Å². The standard InChI is InChI=1S/C14H20N2O2/c1-10-7-16(8-11(10)2)14(17)9-18-13-5-3-12(15)4-6-13/h3-6,10-11H,7-9,15H2,1-2H3. The number of nitrogens with two attached hydrogens (primary N) is 1. The van der Waals surface area contributed by atoms with Crippen LogP contribution in [0.2, 0.25) is 0 Å². The third-order valence-corrected chi connectivity index (χ3v) is 3.58. The van der Waals surface area contributed by atoms with Gasteiger partial charge in [-0.1, -0.05) is 13.8 Å². The molecule has 18 heavy (non-hydrogen) atoms. The van der Waals surface area contributed by atoms with Gasteiger partial charge in [0.2, 0.25) is 0 Å². The summed E-state index contributed by atoms with van der Waals surface area (Å²) in [4.78, 5) is 13.8. The molecule has 1 amide bonds. The van der Waals surface area contributed by atoms with E-state index in [9.17, 15) is 4.79 Å². The summed E-state index contributed by atoms with van der Waals surface area (Å²) in [5.41, 5.74) is 6.27. The number of hydrogen-bond donors (Lipinski definition) is 1. The quantitative estimate of drug-likeness (QED) is 0.829. The van der Waals surface area contributed by atoms with Gasteiger partial charge in [0.05, 0.1) is 0 Å². The SMILES string of the molecule is CC1CN(C(=O)COc2ccc(N)cc2)CC1C. The van der Waals surface area contributed by atoms with E-state index in [1.54, 1.807) is 24.3 Å². The average Bonchev–Trinajstić information content (AvgIpc) is 2.69. The van der Waals surface area contributed by atoms with Gasteiger partial charge in [-0.05, 0) is 36.1 Å². The predicted octanol–water partition coefficient (Wildman–Crippen LogP) is 1.76. The second-order valence-corrected chi connectivity index (χ2v) is 5.11. The fourth-order valence-corrected chi connectivity index (χ4v) is 2.13. The molecule has 0 saturated carbocycles. The van der Waals surface area contributed by atoms with Crippen molar-refractivity contribution in [2.75, 3.05) is 25.4 Å². The lowest BCUT2D eigenvalue weighted by atomic mass is 10.0. The molecule has 1 aliphatic heterocycles. The van der Waals surface area contributed by atoms with E-state index in [-0.39, 0.29) is 12.5 Å². The Kier molecular flexibility index (Phi) is 3.75. The highest BCUT2D eigenvalue weighted by atomic mass is 16.5. The van der Waals surface area contributed by atoms with Crippen molar-refractivity contribution >= 4 is 11.6 Å². The maximum Gasteiger partial charge on any atom is 0.260 e. The Labute approximate surface area is 108 Å². The van der Waals surface area contributed by atoms with Gasteiger partial charge in [0.15, 0.2) is 6.61 Å². The third kappa shape index (κ3) is 2.94. The monoisotopic (exact) mass is 248 g/mol. The first-order valence-electron chi connectivity index (χ1n) is 6.32. The van der Waals surface area contributed by atoms with Crippen LogP contribution in [0.5, 0.6) is 5.75 Å². The third-order valence-electron chi connectivity index (χ3n) is 3.58. The molecule has 1 aromatic carbocycles. The molecule has 98 valence electrons. The minimum atomic E-state index is 0.0584. The fraction of sp³-hybridized carbons (Fsp3) is 0.500. The highest BCUT2D eigenvalue weighted by Gasteiger charge is 2.29. The Morgan fingerprint density at radius 1 is 1.28 bits per heavy atom. The zero-order valence-corrected chi connectivity index (χ0v) is 10.9. The second kappa shape index (κ2) is 5.29. The number of benzene rings is 1. The molecule has 2 atom stereocenters. The van der Waals surface area contributed by atoms with E-state index in [2.05, 4.69) is 13.8 Å². The molecule has 0 aromatic heterocycles. The molecule has 1 aromatic rings. The van der Waals surface area contributed by atoms with Crippen LogP contribution in [0.25, 0.3) is 0 Å². The molecule has 0 aliphatic carbocycles. The van der Waals surface area contributed by atoms with E-state index in [1.165, 1.54) is 0 Å². The number of likely N-dealkylation sites (tertiary alicyclic amines) is 1. The van der Waals surface area contributed by atoms with Crippen LogP contribution in [0.3, 0.4) is 0 Å². The molecule has 4 nitrogen and oxygen atoms in total. The lowest BCUT2D eigenvalue weighted by molar-refractivity contribution is -0.132. The van der Waals surface area contributed by atoms with Gasteiger partial charge in [0.25, 0.3) is 5.91 Å². The zero-order valence-electron chi connectivity index (χ0n) is 10.9. The first kappa shape index (κ1) is 12.7. The molecule has 2 N–H and O–H groups in total. The van der Waals surface area contributed by atoms with Crippen LogP contribution >= 0.6 is 0 Å². The topological polar surface area (TPSA) is 55.6 Å². The van der Waals surface area contributed by atoms with Crippen LogP contribution < -0.4 is 10.5 Å². The minimum Gasteiger partial charge on any atom is -0.484 e. The van der Waals surface area contributed by atoms with Gasteiger partial charge in [0, 0.05) is 18.8 Å². The Morgan fingerprint density at radius 3 is 2.39 bits per heavy atom. The number of hydrogen-bond acceptors (Lipinski definition) is 3. The molecule has 4 heteroatoms. The Morgan fingerprint density at radius 2 is 1.83 bits per heavy atom. The van der Waals surface area contributed by atoms with Crippen LogP contribution in [-0.2, 0) is 4.79 Å². The van der Waals surface area contributed by atoms with Gasteiger partial charge in [-0.3, -0.25) is 4.79 Å². The molecule has 2 unspecified atom stereocenters. The van der Waals surface area contributed by atoms with Crippen LogP contribution in [-0.4, -0.2) is 30.5 Å². The lowest BCUT2D eigenvalue weighted by Gasteiger charge is -2.16. The molecule has 1 heterocycles. The van der Waals surface area contributed by atoms with Crippen LogP contribution in [0.4, 0.5) is 5.69 Å². The van der Waals surface area contributed by atoms with E-state index in [0.717, 1.165) is 13.1 Å². The van der Waals surface area contributed by atoms with Gasteiger partial charge in [-0.15, -0.1) is 0 Å². The zero-order chi connectivity index (χ0) is 13.1. The van der Waals surface area contributed by atoms with Gasteiger partial charge >= 0.3 is 0 Å². The Bertz CT molecular complexity index is 406.